The lowest BCUT2D eigenvalue weighted by atomic mass is 10.3. The quantitative estimate of drug-likeness (QED) is 0.771. The fourth-order valence-corrected chi connectivity index (χ4v) is 1.73. The van der Waals surface area contributed by atoms with Gasteiger partial charge in [-0.1, -0.05) is 16.8 Å². The minimum absolute atomic E-state index is 0.331. The Morgan fingerprint density at radius 3 is 2.79 bits per heavy atom. The van der Waals surface area contributed by atoms with Crippen molar-refractivity contribution >= 4 is 17.4 Å². The van der Waals surface area contributed by atoms with E-state index in [1.165, 1.54) is 0 Å². The van der Waals surface area contributed by atoms with Gasteiger partial charge < -0.3 is 10.3 Å². The van der Waals surface area contributed by atoms with Gasteiger partial charge in [-0.15, -0.1) is 0 Å². The van der Waals surface area contributed by atoms with Gasteiger partial charge in [0, 0.05) is 12.4 Å². The molecule has 94 valence electrons. The van der Waals surface area contributed by atoms with E-state index in [0.29, 0.717) is 33.8 Å². The van der Waals surface area contributed by atoms with E-state index in [4.69, 9.17) is 21.9 Å². The summed E-state index contributed by atoms with van der Waals surface area (Å²) in [4.78, 5) is 12.3. The van der Waals surface area contributed by atoms with Crippen LogP contribution in [-0.4, -0.2) is 20.1 Å². The van der Waals surface area contributed by atoms with E-state index >= 15 is 0 Å². The number of nitrogen functional groups attached to an aromatic ring is 1. The first kappa shape index (κ1) is 11.6. The summed E-state index contributed by atoms with van der Waals surface area (Å²) in [5, 5.41) is 4.32. The molecule has 3 aromatic heterocycles. The summed E-state index contributed by atoms with van der Waals surface area (Å²) in [6.07, 6.45) is 3.18. The van der Waals surface area contributed by atoms with Gasteiger partial charge in [-0.25, -0.2) is 4.98 Å². The van der Waals surface area contributed by atoms with Crippen LogP contribution in [-0.2, 0) is 0 Å². The SMILES string of the molecule is Nc1ccc(-c2nc(-c3ncccc3Cl)no2)cn1. The Morgan fingerprint density at radius 2 is 2.05 bits per heavy atom. The lowest BCUT2D eigenvalue weighted by Crippen LogP contribution is -1.89. The Labute approximate surface area is 113 Å². The van der Waals surface area contributed by atoms with Gasteiger partial charge in [0.05, 0.1) is 10.6 Å². The third-order valence-corrected chi connectivity index (χ3v) is 2.73. The van der Waals surface area contributed by atoms with Crippen molar-refractivity contribution in [3.05, 3.63) is 41.7 Å². The number of rotatable bonds is 2. The van der Waals surface area contributed by atoms with E-state index in [1.54, 1.807) is 36.7 Å². The van der Waals surface area contributed by atoms with E-state index in [2.05, 4.69) is 20.1 Å². The largest absolute Gasteiger partial charge is 0.384 e. The molecule has 0 aromatic carbocycles. The molecular weight excluding hydrogens is 266 g/mol. The molecule has 0 fully saturated rings. The van der Waals surface area contributed by atoms with Gasteiger partial charge in [-0.2, -0.15) is 4.98 Å². The first-order valence-corrected chi connectivity index (χ1v) is 5.78. The van der Waals surface area contributed by atoms with E-state index in [9.17, 15) is 0 Å². The lowest BCUT2D eigenvalue weighted by Gasteiger charge is -1.95. The molecule has 7 heteroatoms. The second-order valence-electron chi connectivity index (χ2n) is 3.73. The zero-order chi connectivity index (χ0) is 13.2. The van der Waals surface area contributed by atoms with Crippen LogP contribution in [0.2, 0.25) is 5.02 Å². The molecule has 6 nitrogen and oxygen atoms in total. The highest BCUT2D eigenvalue weighted by molar-refractivity contribution is 6.32. The first-order valence-electron chi connectivity index (χ1n) is 5.40. The molecule has 19 heavy (non-hydrogen) atoms. The smallest absolute Gasteiger partial charge is 0.259 e. The third-order valence-electron chi connectivity index (χ3n) is 2.43. The molecular formula is C12H8ClN5O. The Balaban J connectivity index is 2.00. The molecule has 0 unspecified atom stereocenters. The van der Waals surface area contributed by atoms with Gasteiger partial charge in [0.2, 0.25) is 5.82 Å². The summed E-state index contributed by atoms with van der Waals surface area (Å²) in [5.41, 5.74) is 6.67. The molecule has 0 bridgehead atoms. The normalized spacial score (nSPS) is 10.6. The second kappa shape index (κ2) is 4.66. The monoisotopic (exact) mass is 273 g/mol. The maximum atomic E-state index is 6.02. The van der Waals surface area contributed by atoms with Gasteiger partial charge in [-0.3, -0.25) is 4.98 Å². The van der Waals surface area contributed by atoms with Crippen molar-refractivity contribution in [1.29, 1.82) is 0 Å². The summed E-state index contributed by atoms with van der Waals surface area (Å²) in [6.45, 7) is 0. The maximum Gasteiger partial charge on any atom is 0.259 e. The van der Waals surface area contributed by atoms with Gasteiger partial charge in [0.25, 0.3) is 5.89 Å². The molecule has 0 spiro atoms. The molecule has 0 saturated carbocycles. The standard InChI is InChI=1S/C12H8ClN5O/c13-8-2-1-5-15-10(8)11-17-12(19-18-11)7-3-4-9(14)16-6-7/h1-6H,(H2,14,16). The van der Waals surface area contributed by atoms with E-state index in [-0.39, 0.29) is 0 Å². The lowest BCUT2D eigenvalue weighted by molar-refractivity contribution is 0.432. The van der Waals surface area contributed by atoms with Crippen molar-refractivity contribution in [2.45, 2.75) is 0 Å². The first-order chi connectivity index (χ1) is 9.24. The molecule has 2 N–H and O–H groups in total. The minimum Gasteiger partial charge on any atom is -0.384 e. The van der Waals surface area contributed by atoms with Crippen molar-refractivity contribution < 1.29 is 4.52 Å². The molecule has 3 aromatic rings. The number of hydrogen-bond acceptors (Lipinski definition) is 6. The number of nitrogens with zero attached hydrogens (tertiary/aromatic N) is 4. The fourth-order valence-electron chi connectivity index (χ4n) is 1.52. The van der Waals surface area contributed by atoms with Crippen LogP contribution in [0.3, 0.4) is 0 Å². The maximum absolute atomic E-state index is 6.02. The van der Waals surface area contributed by atoms with Gasteiger partial charge in [0.1, 0.15) is 11.5 Å². The molecule has 3 rings (SSSR count). The summed E-state index contributed by atoms with van der Waals surface area (Å²) in [6, 6.07) is 6.86. The van der Waals surface area contributed by atoms with Gasteiger partial charge in [0.15, 0.2) is 0 Å². The van der Waals surface area contributed by atoms with Crippen LogP contribution in [0.25, 0.3) is 23.0 Å². The number of nitrogens with two attached hydrogens (primary N) is 1. The van der Waals surface area contributed by atoms with Crippen molar-refractivity contribution in [1.82, 2.24) is 20.1 Å². The van der Waals surface area contributed by atoms with Crippen molar-refractivity contribution in [3.8, 4) is 23.0 Å². The van der Waals surface area contributed by atoms with Crippen LogP contribution in [0.1, 0.15) is 0 Å². The summed E-state index contributed by atoms with van der Waals surface area (Å²) in [7, 11) is 0. The molecule has 0 radical (unpaired) electrons. The highest BCUT2D eigenvalue weighted by Crippen LogP contribution is 2.25. The van der Waals surface area contributed by atoms with Crippen LogP contribution in [0, 0.1) is 0 Å². The number of aromatic nitrogens is 4. The number of halogens is 1. The molecule has 0 atom stereocenters. The van der Waals surface area contributed by atoms with Gasteiger partial charge >= 0.3 is 0 Å². The van der Waals surface area contributed by atoms with Crippen LogP contribution >= 0.6 is 11.6 Å². The zero-order valence-electron chi connectivity index (χ0n) is 9.62. The van der Waals surface area contributed by atoms with Crippen molar-refractivity contribution in [3.63, 3.8) is 0 Å². The van der Waals surface area contributed by atoms with E-state index in [0.717, 1.165) is 0 Å². The predicted molar refractivity (Wildman–Crippen MR) is 70.2 cm³/mol. The summed E-state index contributed by atoms with van der Waals surface area (Å²) in [5.74, 6) is 1.10. The molecule has 0 aliphatic rings. The number of anilines is 1. The second-order valence-corrected chi connectivity index (χ2v) is 4.14. The highest BCUT2D eigenvalue weighted by atomic mass is 35.5. The Morgan fingerprint density at radius 1 is 1.16 bits per heavy atom. The average Bonchev–Trinajstić information content (AvgIpc) is 2.89. The summed E-state index contributed by atoms with van der Waals surface area (Å²) >= 11 is 6.02. The predicted octanol–water partition coefficient (Wildman–Crippen LogP) is 2.43. The van der Waals surface area contributed by atoms with E-state index < -0.39 is 0 Å². The Hall–Kier alpha value is -2.47. The highest BCUT2D eigenvalue weighted by Gasteiger charge is 2.14. The number of pyridine rings is 2. The molecule has 0 amide bonds. The molecule has 3 heterocycles. The Kier molecular flexibility index (Phi) is 2.85. The average molecular weight is 274 g/mol. The number of hydrogen-bond donors (Lipinski definition) is 1. The third kappa shape index (κ3) is 2.25. The van der Waals surface area contributed by atoms with Crippen molar-refractivity contribution in [2.75, 3.05) is 5.73 Å². The van der Waals surface area contributed by atoms with Crippen molar-refractivity contribution in [2.24, 2.45) is 0 Å². The molecule has 0 aliphatic heterocycles. The molecule has 0 aliphatic carbocycles. The minimum atomic E-state index is 0.331. The molecule has 0 saturated heterocycles. The fraction of sp³-hybridized carbons (Fsp3) is 0. The van der Waals surface area contributed by atoms with Crippen LogP contribution < -0.4 is 5.73 Å². The van der Waals surface area contributed by atoms with E-state index in [1.807, 2.05) is 0 Å². The topological polar surface area (TPSA) is 90.7 Å². The summed E-state index contributed by atoms with van der Waals surface area (Å²) < 4.78 is 5.16. The van der Waals surface area contributed by atoms with Crippen LogP contribution in [0.15, 0.2) is 41.2 Å². The van der Waals surface area contributed by atoms with Gasteiger partial charge in [-0.05, 0) is 24.3 Å². The van der Waals surface area contributed by atoms with Crippen LogP contribution in [0.5, 0.6) is 0 Å². The van der Waals surface area contributed by atoms with Crippen LogP contribution in [0.4, 0.5) is 5.82 Å². The zero-order valence-corrected chi connectivity index (χ0v) is 10.4. The Bertz CT molecular complexity index is 710.